The number of benzene rings is 1. The average molecular weight is 332 g/mol. The minimum absolute atomic E-state index is 0.346. The van der Waals surface area contributed by atoms with E-state index in [0.29, 0.717) is 21.6 Å². The molecule has 1 aliphatic rings. The molecular formula is C15H22ClNOS2. The van der Waals surface area contributed by atoms with Crippen LogP contribution < -0.4 is 10.1 Å². The van der Waals surface area contributed by atoms with Crippen molar-refractivity contribution in [2.75, 3.05) is 25.2 Å². The van der Waals surface area contributed by atoms with Crippen LogP contribution in [0.5, 0.6) is 5.75 Å². The van der Waals surface area contributed by atoms with Crippen molar-refractivity contribution in [2.24, 2.45) is 0 Å². The minimum Gasteiger partial charge on any atom is -0.495 e. The van der Waals surface area contributed by atoms with E-state index in [-0.39, 0.29) is 0 Å². The molecule has 1 saturated heterocycles. The van der Waals surface area contributed by atoms with Crippen LogP contribution in [-0.4, -0.2) is 35.7 Å². The molecule has 3 unspecified atom stereocenters. The topological polar surface area (TPSA) is 21.3 Å². The van der Waals surface area contributed by atoms with Gasteiger partial charge < -0.3 is 10.1 Å². The summed E-state index contributed by atoms with van der Waals surface area (Å²) in [6.07, 6.45) is 0. The molecule has 1 fully saturated rings. The molecule has 20 heavy (non-hydrogen) atoms. The van der Waals surface area contributed by atoms with Crippen molar-refractivity contribution >= 4 is 35.1 Å². The van der Waals surface area contributed by atoms with Gasteiger partial charge in [0.15, 0.2) is 0 Å². The molecular weight excluding hydrogens is 310 g/mol. The molecule has 112 valence electrons. The lowest BCUT2D eigenvalue weighted by Gasteiger charge is -2.35. The first-order valence-corrected chi connectivity index (χ1v) is 9.45. The molecule has 3 atom stereocenters. The van der Waals surface area contributed by atoms with Gasteiger partial charge in [-0.3, -0.25) is 0 Å². The number of hydrogen-bond acceptors (Lipinski definition) is 4. The second-order valence-corrected chi connectivity index (χ2v) is 8.02. The summed E-state index contributed by atoms with van der Waals surface area (Å²) in [6.45, 7) is 5.45. The maximum Gasteiger partial charge on any atom is 0.137 e. The summed E-state index contributed by atoms with van der Waals surface area (Å²) >= 11 is 10.3. The Labute approximate surface area is 135 Å². The third-order valence-corrected chi connectivity index (χ3v) is 7.03. The number of rotatable bonds is 5. The summed E-state index contributed by atoms with van der Waals surface area (Å²) in [6, 6.07) is 6.47. The van der Waals surface area contributed by atoms with Crippen LogP contribution in [-0.2, 0) is 0 Å². The van der Waals surface area contributed by atoms with E-state index >= 15 is 0 Å². The van der Waals surface area contributed by atoms with Crippen molar-refractivity contribution in [1.29, 1.82) is 0 Å². The Morgan fingerprint density at radius 3 is 2.80 bits per heavy atom. The summed E-state index contributed by atoms with van der Waals surface area (Å²) in [5.74, 6) is 3.24. The fourth-order valence-corrected chi connectivity index (χ4v) is 5.67. The van der Waals surface area contributed by atoms with Gasteiger partial charge in [-0.1, -0.05) is 31.5 Å². The Bertz CT molecular complexity index is 444. The van der Waals surface area contributed by atoms with Crippen LogP contribution in [0.4, 0.5) is 0 Å². The Morgan fingerprint density at radius 2 is 2.15 bits per heavy atom. The smallest absolute Gasteiger partial charge is 0.137 e. The van der Waals surface area contributed by atoms with Crippen LogP contribution in [0, 0.1) is 0 Å². The largest absolute Gasteiger partial charge is 0.495 e. The van der Waals surface area contributed by atoms with E-state index in [4.69, 9.17) is 16.3 Å². The van der Waals surface area contributed by atoms with Gasteiger partial charge in [0.1, 0.15) is 5.75 Å². The molecule has 0 radical (unpaired) electrons. The van der Waals surface area contributed by atoms with Gasteiger partial charge >= 0.3 is 0 Å². The predicted molar refractivity (Wildman–Crippen MR) is 92.6 cm³/mol. The maximum absolute atomic E-state index is 6.14. The quantitative estimate of drug-likeness (QED) is 0.871. The number of thioether (sulfide) groups is 2. The van der Waals surface area contributed by atoms with E-state index in [1.165, 1.54) is 17.1 Å². The summed E-state index contributed by atoms with van der Waals surface area (Å²) in [5.41, 5.74) is 1.26. The molecule has 1 heterocycles. The summed E-state index contributed by atoms with van der Waals surface area (Å²) < 4.78 is 5.36. The Balaban J connectivity index is 2.27. The molecule has 0 saturated carbocycles. The average Bonchev–Trinajstić information content (AvgIpc) is 2.46. The molecule has 0 bridgehead atoms. The fourth-order valence-electron chi connectivity index (χ4n) is 2.53. The number of halogens is 1. The van der Waals surface area contributed by atoms with E-state index in [0.717, 1.165) is 12.3 Å². The van der Waals surface area contributed by atoms with E-state index < -0.39 is 0 Å². The van der Waals surface area contributed by atoms with Crippen molar-refractivity contribution in [2.45, 2.75) is 30.4 Å². The van der Waals surface area contributed by atoms with Crippen molar-refractivity contribution in [3.63, 3.8) is 0 Å². The van der Waals surface area contributed by atoms with Crippen LogP contribution in [0.25, 0.3) is 0 Å². The monoisotopic (exact) mass is 331 g/mol. The first kappa shape index (κ1) is 16.3. The normalized spacial score (nSPS) is 24.4. The highest BCUT2D eigenvalue weighted by Crippen LogP contribution is 2.40. The molecule has 5 heteroatoms. The third-order valence-electron chi connectivity index (χ3n) is 3.52. The molecule has 0 spiro atoms. The zero-order valence-corrected chi connectivity index (χ0v) is 14.6. The zero-order chi connectivity index (χ0) is 14.5. The van der Waals surface area contributed by atoms with Crippen molar-refractivity contribution in [3.05, 3.63) is 28.8 Å². The number of hydrogen-bond donors (Lipinski definition) is 1. The van der Waals surface area contributed by atoms with E-state index in [2.05, 4.69) is 54.8 Å². The van der Waals surface area contributed by atoms with Gasteiger partial charge in [0.25, 0.3) is 0 Å². The molecule has 1 aromatic carbocycles. The van der Waals surface area contributed by atoms with E-state index in [1.807, 2.05) is 6.07 Å². The van der Waals surface area contributed by atoms with Crippen LogP contribution >= 0.6 is 35.1 Å². The molecule has 2 nitrogen and oxygen atoms in total. The molecule has 0 aromatic heterocycles. The lowest BCUT2D eigenvalue weighted by molar-refractivity contribution is 0.413. The van der Waals surface area contributed by atoms with E-state index in [9.17, 15) is 0 Å². The van der Waals surface area contributed by atoms with Crippen LogP contribution in [0.1, 0.15) is 25.5 Å². The van der Waals surface area contributed by atoms with Gasteiger partial charge in [0.2, 0.25) is 0 Å². The van der Waals surface area contributed by atoms with E-state index in [1.54, 1.807) is 7.11 Å². The molecule has 1 aromatic rings. The highest BCUT2D eigenvalue weighted by molar-refractivity contribution is 8.07. The van der Waals surface area contributed by atoms with Gasteiger partial charge in [-0.15, -0.1) is 0 Å². The number of methoxy groups -OCH3 is 1. The van der Waals surface area contributed by atoms with Crippen molar-refractivity contribution < 1.29 is 4.74 Å². The molecule has 2 rings (SSSR count). The minimum atomic E-state index is 0.346. The first-order valence-electron chi connectivity index (χ1n) is 6.97. The van der Waals surface area contributed by atoms with Gasteiger partial charge in [-0.05, 0) is 24.2 Å². The van der Waals surface area contributed by atoms with Gasteiger partial charge in [0, 0.05) is 28.0 Å². The lowest BCUT2D eigenvalue weighted by Crippen LogP contribution is -2.37. The second kappa shape index (κ2) is 7.83. The first-order chi connectivity index (χ1) is 9.67. The summed E-state index contributed by atoms with van der Waals surface area (Å²) in [7, 11) is 1.67. The highest BCUT2D eigenvalue weighted by Gasteiger charge is 2.31. The third kappa shape index (κ3) is 3.79. The number of ether oxygens (including phenoxy) is 1. The van der Waals surface area contributed by atoms with Crippen LogP contribution in [0.3, 0.4) is 0 Å². The molecule has 0 amide bonds. The highest BCUT2D eigenvalue weighted by atomic mass is 35.5. The Kier molecular flexibility index (Phi) is 6.40. The predicted octanol–water partition coefficient (Wildman–Crippen LogP) is 4.24. The van der Waals surface area contributed by atoms with Crippen molar-refractivity contribution in [1.82, 2.24) is 5.32 Å². The number of nitrogens with one attached hydrogen (secondary N) is 1. The van der Waals surface area contributed by atoms with Crippen molar-refractivity contribution in [3.8, 4) is 5.75 Å². The van der Waals surface area contributed by atoms with Gasteiger partial charge in [-0.2, -0.15) is 23.5 Å². The zero-order valence-electron chi connectivity index (χ0n) is 12.2. The Morgan fingerprint density at radius 1 is 1.40 bits per heavy atom. The van der Waals surface area contributed by atoms with Gasteiger partial charge in [0.05, 0.1) is 12.1 Å². The Hall–Kier alpha value is -0.0300. The summed E-state index contributed by atoms with van der Waals surface area (Å²) in [4.78, 5) is 0. The standard InChI is InChI=1S/C15H22ClNOS2/c1-4-17-14(15-10(2)19-7-8-20-15)11-5-6-12(16)13(9-11)18-3/h5-6,9-10,14-15,17H,4,7-8H2,1-3H3. The van der Waals surface area contributed by atoms with Crippen LogP contribution in [0.2, 0.25) is 5.02 Å². The SMILES string of the molecule is CCNC(c1ccc(Cl)c(OC)c1)C1SCCSC1C. The lowest BCUT2D eigenvalue weighted by atomic mass is 10.0. The molecule has 1 aliphatic heterocycles. The second-order valence-electron chi connectivity index (χ2n) is 4.84. The fraction of sp³-hybridized carbons (Fsp3) is 0.600. The van der Waals surface area contributed by atoms with Gasteiger partial charge in [-0.25, -0.2) is 0 Å². The summed E-state index contributed by atoms with van der Waals surface area (Å²) in [5, 5.41) is 5.54. The maximum atomic E-state index is 6.14. The molecule has 0 aliphatic carbocycles. The molecule has 1 N–H and O–H groups in total. The van der Waals surface area contributed by atoms with Crippen LogP contribution in [0.15, 0.2) is 18.2 Å².